The third-order valence-corrected chi connectivity index (χ3v) is 6.33. The van der Waals surface area contributed by atoms with E-state index in [0.29, 0.717) is 4.90 Å². The zero-order valence-electron chi connectivity index (χ0n) is 13.5. The Balaban J connectivity index is 2.55. The SMILES string of the molecule is Cc1ccc(S(=O)(=O)C(c2ccccc2)[C@H](C)N(C)C)cc1. The lowest BCUT2D eigenvalue weighted by Gasteiger charge is -2.29. The van der Waals surface area contributed by atoms with Crippen LogP contribution in [0.25, 0.3) is 0 Å². The molecule has 0 spiro atoms. The van der Waals surface area contributed by atoms with E-state index in [9.17, 15) is 8.42 Å². The van der Waals surface area contributed by atoms with Crippen molar-refractivity contribution in [3.8, 4) is 0 Å². The molecule has 0 heterocycles. The van der Waals surface area contributed by atoms with E-state index >= 15 is 0 Å². The van der Waals surface area contributed by atoms with Crippen molar-refractivity contribution < 1.29 is 8.42 Å². The number of likely N-dealkylation sites (N-methyl/N-ethyl adjacent to an activating group) is 1. The molecule has 0 N–H and O–H groups in total. The summed E-state index contributed by atoms with van der Waals surface area (Å²) in [5, 5.41) is -0.591. The fourth-order valence-electron chi connectivity index (χ4n) is 2.51. The molecule has 0 amide bonds. The topological polar surface area (TPSA) is 37.4 Å². The van der Waals surface area contributed by atoms with Gasteiger partial charge in [-0.1, -0.05) is 48.0 Å². The largest absolute Gasteiger partial charge is 0.305 e. The Bertz CT molecular complexity index is 707. The highest BCUT2D eigenvalue weighted by Crippen LogP contribution is 2.33. The molecule has 118 valence electrons. The van der Waals surface area contributed by atoms with E-state index in [1.165, 1.54) is 0 Å². The van der Waals surface area contributed by atoms with E-state index < -0.39 is 15.1 Å². The van der Waals surface area contributed by atoms with Crippen molar-refractivity contribution in [2.45, 2.75) is 30.0 Å². The average Bonchev–Trinajstić information content (AvgIpc) is 2.48. The lowest BCUT2D eigenvalue weighted by Crippen LogP contribution is -2.35. The van der Waals surface area contributed by atoms with Gasteiger partial charge in [-0.15, -0.1) is 0 Å². The summed E-state index contributed by atoms with van der Waals surface area (Å²) >= 11 is 0. The highest BCUT2D eigenvalue weighted by atomic mass is 32.2. The van der Waals surface area contributed by atoms with Crippen molar-refractivity contribution in [1.82, 2.24) is 4.90 Å². The van der Waals surface area contributed by atoms with Crippen molar-refractivity contribution in [1.29, 1.82) is 0 Å². The first-order valence-corrected chi connectivity index (χ1v) is 8.90. The number of hydrogen-bond acceptors (Lipinski definition) is 3. The predicted molar refractivity (Wildman–Crippen MR) is 90.7 cm³/mol. The van der Waals surface area contributed by atoms with Gasteiger partial charge in [-0.2, -0.15) is 0 Å². The van der Waals surface area contributed by atoms with E-state index in [0.717, 1.165) is 11.1 Å². The number of sulfone groups is 1. The normalized spacial score (nSPS) is 14.8. The Labute approximate surface area is 133 Å². The molecule has 2 aromatic carbocycles. The predicted octanol–water partition coefficient (Wildman–Crippen LogP) is 3.46. The smallest absolute Gasteiger partial charge is 0.186 e. The Kier molecular flexibility index (Phi) is 5.04. The minimum absolute atomic E-state index is 0.131. The van der Waals surface area contributed by atoms with Crippen LogP contribution in [0.2, 0.25) is 0 Å². The molecule has 0 aromatic heterocycles. The number of rotatable bonds is 5. The maximum atomic E-state index is 13.2. The van der Waals surface area contributed by atoms with E-state index in [1.807, 2.05) is 75.3 Å². The first kappa shape index (κ1) is 16.7. The van der Waals surface area contributed by atoms with Gasteiger partial charge in [-0.25, -0.2) is 8.42 Å². The molecular weight excluding hydrogens is 294 g/mol. The fraction of sp³-hybridized carbons (Fsp3) is 0.333. The maximum absolute atomic E-state index is 13.2. The summed E-state index contributed by atoms with van der Waals surface area (Å²) in [5.74, 6) is 0. The summed E-state index contributed by atoms with van der Waals surface area (Å²) in [6.07, 6.45) is 0. The van der Waals surface area contributed by atoms with Gasteiger partial charge in [0.25, 0.3) is 0 Å². The number of nitrogens with zero attached hydrogens (tertiary/aromatic N) is 1. The van der Waals surface area contributed by atoms with Crippen LogP contribution in [0.3, 0.4) is 0 Å². The van der Waals surface area contributed by atoms with Crippen LogP contribution < -0.4 is 0 Å². The van der Waals surface area contributed by atoms with Gasteiger partial charge in [-0.05, 0) is 45.6 Å². The van der Waals surface area contributed by atoms with Crippen LogP contribution in [0.1, 0.15) is 23.3 Å². The van der Waals surface area contributed by atoms with E-state index in [-0.39, 0.29) is 6.04 Å². The molecule has 2 aromatic rings. The zero-order valence-corrected chi connectivity index (χ0v) is 14.3. The molecule has 3 nitrogen and oxygen atoms in total. The molecule has 0 aliphatic rings. The van der Waals surface area contributed by atoms with Gasteiger partial charge in [0, 0.05) is 6.04 Å². The van der Waals surface area contributed by atoms with E-state index in [2.05, 4.69) is 0 Å². The second-order valence-electron chi connectivity index (χ2n) is 5.89. The summed E-state index contributed by atoms with van der Waals surface area (Å²) in [6, 6.07) is 16.4. The second-order valence-corrected chi connectivity index (χ2v) is 7.96. The van der Waals surface area contributed by atoms with Crippen LogP contribution in [-0.2, 0) is 9.84 Å². The highest BCUT2D eigenvalue weighted by molar-refractivity contribution is 7.91. The molecule has 2 rings (SSSR count). The lowest BCUT2D eigenvalue weighted by molar-refractivity contribution is 0.302. The monoisotopic (exact) mass is 317 g/mol. The van der Waals surface area contributed by atoms with Crippen molar-refractivity contribution >= 4 is 9.84 Å². The highest BCUT2D eigenvalue weighted by Gasteiger charge is 2.34. The average molecular weight is 317 g/mol. The van der Waals surface area contributed by atoms with Crippen LogP contribution in [0.4, 0.5) is 0 Å². The van der Waals surface area contributed by atoms with E-state index in [4.69, 9.17) is 0 Å². The maximum Gasteiger partial charge on any atom is 0.186 e. The van der Waals surface area contributed by atoms with Crippen molar-refractivity contribution in [2.24, 2.45) is 0 Å². The van der Waals surface area contributed by atoms with Crippen molar-refractivity contribution in [3.05, 3.63) is 65.7 Å². The Morgan fingerprint density at radius 2 is 1.45 bits per heavy atom. The second kappa shape index (κ2) is 6.63. The molecule has 0 fully saturated rings. The summed E-state index contributed by atoms with van der Waals surface area (Å²) in [5.41, 5.74) is 1.88. The molecule has 0 radical (unpaired) electrons. The van der Waals surface area contributed by atoms with Crippen LogP contribution in [0, 0.1) is 6.92 Å². The van der Waals surface area contributed by atoms with Crippen LogP contribution >= 0.6 is 0 Å². The first-order chi connectivity index (χ1) is 10.3. The molecule has 4 heteroatoms. The van der Waals surface area contributed by atoms with Gasteiger partial charge in [0.05, 0.1) is 4.90 Å². The molecule has 1 unspecified atom stereocenters. The minimum Gasteiger partial charge on any atom is -0.305 e. The molecule has 2 atom stereocenters. The number of aryl methyl sites for hydroxylation is 1. The van der Waals surface area contributed by atoms with Crippen LogP contribution in [0.15, 0.2) is 59.5 Å². The van der Waals surface area contributed by atoms with Crippen molar-refractivity contribution in [3.63, 3.8) is 0 Å². The van der Waals surface area contributed by atoms with Gasteiger partial charge in [0.1, 0.15) is 5.25 Å². The molecule has 0 bridgehead atoms. The van der Waals surface area contributed by atoms with Crippen LogP contribution in [-0.4, -0.2) is 33.5 Å². The lowest BCUT2D eigenvalue weighted by atomic mass is 10.1. The zero-order chi connectivity index (χ0) is 16.3. The summed E-state index contributed by atoms with van der Waals surface area (Å²) in [7, 11) is 0.359. The summed E-state index contributed by atoms with van der Waals surface area (Å²) in [4.78, 5) is 2.32. The Morgan fingerprint density at radius 1 is 0.909 bits per heavy atom. The van der Waals surface area contributed by atoms with Gasteiger partial charge >= 0.3 is 0 Å². The van der Waals surface area contributed by atoms with Gasteiger partial charge < -0.3 is 4.90 Å². The molecule has 22 heavy (non-hydrogen) atoms. The third-order valence-electron chi connectivity index (χ3n) is 4.06. The Hall–Kier alpha value is -1.65. The van der Waals surface area contributed by atoms with Crippen LogP contribution in [0.5, 0.6) is 0 Å². The van der Waals surface area contributed by atoms with E-state index in [1.54, 1.807) is 12.1 Å². The quantitative estimate of drug-likeness (QED) is 0.847. The molecule has 0 saturated heterocycles. The third kappa shape index (κ3) is 3.39. The van der Waals surface area contributed by atoms with Crippen molar-refractivity contribution in [2.75, 3.05) is 14.1 Å². The number of benzene rings is 2. The summed E-state index contributed by atoms with van der Waals surface area (Å²) < 4.78 is 26.3. The fourth-order valence-corrected chi connectivity index (χ4v) is 4.59. The standard InChI is InChI=1S/C18H23NO2S/c1-14-10-12-17(13-11-14)22(20,21)18(15(2)19(3)4)16-8-6-5-7-9-16/h5-13,15,18H,1-4H3/t15-,18?/m0/s1. The van der Waals surface area contributed by atoms with Gasteiger partial charge in [0.15, 0.2) is 9.84 Å². The first-order valence-electron chi connectivity index (χ1n) is 7.36. The molecule has 0 saturated carbocycles. The molecule has 0 aliphatic heterocycles. The number of hydrogen-bond donors (Lipinski definition) is 0. The van der Waals surface area contributed by atoms with Gasteiger partial charge in [-0.3, -0.25) is 0 Å². The van der Waals surface area contributed by atoms with Gasteiger partial charge in [0.2, 0.25) is 0 Å². The summed E-state index contributed by atoms with van der Waals surface area (Å²) in [6.45, 7) is 3.90. The molecule has 0 aliphatic carbocycles. The molecular formula is C18H23NO2S. The Morgan fingerprint density at radius 3 is 1.95 bits per heavy atom. The minimum atomic E-state index is -3.46.